The van der Waals surface area contributed by atoms with E-state index < -0.39 is 0 Å². The number of nitrogens with zero attached hydrogens (tertiary/aromatic N) is 1. The normalized spacial score (nSPS) is 16.9. The van der Waals surface area contributed by atoms with Gasteiger partial charge in [-0.15, -0.1) is 0 Å². The maximum atomic E-state index is 12.2. The molecule has 0 saturated carbocycles. The number of hydrogen-bond acceptors (Lipinski definition) is 3. The monoisotopic (exact) mass is 236 g/mol. The molecular weight excluding hydrogens is 220 g/mol. The molecule has 4 heteroatoms. The van der Waals surface area contributed by atoms with Crippen LogP contribution in [0.3, 0.4) is 0 Å². The van der Waals surface area contributed by atoms with Crippen LogP contribution in [0.25, 0.3) is 0 Å². The molecule has 1 heterocycles. The Balaban J connectivity index is 2.11. The van der Waals surface area contributed by atoms with Crippen LogP contribution >= 0.6 is 11.8 Å². The van der Waals surface area contributed by atoms with Crippen LogP contribution in [0.2, 0.25) is 0 Å². The number of carbonyl (C=O) groups is 1. The summed E-state index contributed by atoms with van der Waals surface area (Å²) in [6.07, 6.45) is 1.08. The number of hydrogen-bond donors (Lipinski definition) is 1. The summed E-state index contributed by atoms with van der Waals surface area (Å²) in [7, 11) is 0. The third kappa shape index (κ3) is 2.70. The van der Waals surface area contributed by atoms with Gasteiger partial charge in [0.2, 0.25) is 0 Å². The topological polar surface area (TPSA) is 46.3 Å². The summed E-state index contributed by atoms with van der Waals surface area (Å²) in [5.74, 6) is 2.30. The molecule has 0 aliphatic carbocycles. The number of nitrogen functional groups attached to an aromatic ring is 1. The van der Waals surface area contributed by atoms with E-state index in [0.29, 0.717) is 11.3 Å². The Labute approximate surface area is 100.0 Å². The van der Waals surface area contributed by atoms with Crippen molar-refractivity contribution in [3.63, 3.8) is 0 Å². The second-order valence-corrected chi connectivity index (χ2v) is 5.11. The molecule has 0 spiro atoms. The van der Waals surface area contributed by atoms with Gasteiger partial charge >= 0.3 is 0 Å². The van der Waals surface area contributed by atoms with E-state index in [4.69, 9.17) is 5.73 Å². The summed E-state index contributed by atoms with van der Waals surface area (Å²) >= 11 is 1.92. The minimum absolute atomic E-state index is 0.106. The van der Waals surface area contributed by atoms with Crippen LogP contribution in [0, 0.1) is 0 Å². The van der Waals surface area contributed by atoms with Gasteiger partial charge in [0.05, 0.1) is 0 Å². The molecule has 1 fully saturated rings. The summed E-state index contributed by atoms with van der Waals surface area (Å²) in [6, 6.07) is 7.21. The molecule has 1 amide bonds. The number of amides is 1. The Morgan fingerprint density at radius 3 is 3.00 bits per heavy atom. The highest BCUT2D eigenvalue weighted by atomic mass is 32.2. The molecule has 1 aliphatic rings. The summed E-state index contributed by atoms with van der Waals surface area (Å²) < 4.78 is 0. The van der Waals surface area contributed by atoms with Crippen molar-refractivity contribution in [1.29, 1.82) is 0 Å². The van der Waals surface area contributed by atoms with E-state index in [0.717, 1.165) is 31.0 Å². The van der Waals surface area contributed by atoms with Gasteiger partial charge in [-0.1, -0.05) is 6.07 Å². The zero-order valence-electron chi connectivity index (χ0n) is 9.19. The molecular formula is C12H16N2OS. The second kappa shape index (κ2) is 5.25. The first-order valence-electron chi connectivity index (χ1n) is 5.50. The lowest BCUT2D eigenvalue weighted by atomic mass is 10.1. The van der Waals surface area contributed by atoms with Crippen molar-refractivity contribution < 1.29 is 4.79 Å². The van der Waals surface area contributed by atoms with Crippen LogP contribution in [0.5, 0.6) is 0 Å². The summed E-state index contributed by atoms with van der Waals surface area (Å²) in [5.41, 5.74) is 7.03. The molecule has 0 atom stereocenters. The Hall–Kier alpha value is -1.16. The van der Waals surface area contributed by atoms with Crippen LogP contribution < -0.4 is 5.73 Å². The van der Waals surface area contributed by atoms with Crippen molar-refractivity contribution in [3.05, 3.63) is 29.8 Å². The van der Waals surface area contributed by atoms with Gasteiger partial charge in [0, 0.05) is 30.1 Å². The van der Waals surface area contributed by atoms with Crippen molar-refractivity contribution in [3.8, 4) is 0 Å². The third-order valence-electron chi connectivity index (χ3n) is 2.64. The number of rotatable bonds is 1. The molecule has 1 aromatic carbocycles. The predicted octanol–water partition coefficient (Wildman–Crippen LogP) is 1.85. The maximum absolute atomic E-state index is 12.2. The molecule has 0 radical (unpaired) electrons. The van der Waals surface area contributed by atoms with Crippen molar-refractivity contribution in [2.45, 2.75) is 6.42 Å². The second-order valence-electron chi connectivity index (χ2n) is 3.88. The quantitative estimate of drug-likeness (QED) is 0.757. The number of thioether (sulfide) groups is 1. The van der Waals surface area contributed by atoms with E-state index in [9.17, 15) is 4.79 Å². The summed E-state index contributed by atoms with van der Waals surface area (Å²) in [5, 5.41) is 0. The Morgan fingerprint density at radius 2 is 2.19 bits per heavy atom. The van der Waals surface area contributed by atoms with Crippen LogP contribution in [0.1, 0.15) is 16.8 Å². The van der Waals surface area contributed by atoms with Gasteiger partial charge in [-0.3, -0.25) is 4.79 Å². The van der Waals surface area contributed by atoms with E-state index in [1.165, 1.54) is 0 Å². The highest BCUT2D eigenvalue weighted by molar-refractivity contribution is 7.99. The fourth-order valence-electron chi connectivity index (χ4n) is 1.80. The van der Waals surface area contributed by atoms with Gasteiger partial charge in [-0.2, -0.15) is 11.8 Å². The van der Waals surface area contributed by atoms with Crippen LogP contribution in [-0.2, 0) is 0 Å². The van der Waals surface area contributed by atoms with E-state index >= 15 is 0 Å². The molecule has 2 N–H and O–H groups in total. The SMILES string of the molecule is Nc1cccc(C(=O)N2CCCSCC2)c1. The van der Waals surface area contributed by atoms with Crippen LogP contribution in [-0.4, -0.2) is 35.4 Å². The Bertz CT molecular complexity index is 373. The van der Waals surface area contributed by atoms with Crippen LogP contribution in [0.4, 0.5) is 5.69 Å². The van der Waals surface area contributed by atoms with Crippen molar-refractivity contribution in [2.75, 3.05) is 30.3 Å². The molecule has 3 nitrogen and oxygen atoms in total. The fraction of sp³-hybridized carbons (Fsp3) is 0.417. The average molecular weight is 236 g/mol. The lowest BCUT2D eigenvalue weighted by Crippen LogP contribution is -2.32. The average Bonchev–Trinajstić information content (AvgIpc) is 2.56. The van der Waals surface area contributed by atoms with Crippen molar-refractivity contribution >= 4 is 23.4 Å². The highest BCUT2D eigenvalue weighted by Gasteiger charge is 2.17. The zero-order valence-corrected chi connectivity index (χ0v) is 10.0. The lowest BCUT2D eigenvalue weighted by Gasteiger charge is -2.20. The molecule has 2 rings (SSSR count). The zero-order chi connectivity index (χ0) is 11.4. The standard InChI is InChI=1S/C12H16N2OS/c13-11-4-1-3-10(9-11)12(15)14-5-2-7-16-8-6-14/h1,3-4,9H,2,5-8,13H2. The Morgan fingerprint density at radius 1 is 1.31 bits per heavy atom. The third-order valence-corrected chi connectivity index (χ3v) is 3.69. The fourth-order valence-corrected chi connectivity index (χ4v) is 2.69. The first-order chi connectivity index (χ1) is 7.77. The smallest absolute Gasteiger partial charge is 0.253 e. The summed E-state index contributed by atoms with van der Waals surface area (Å²) in [4.78, 5) is 14.1. The molecule has 0 unspecified atom stereocenters. The largest absolute Gasteiger partial charge is 0.399 e. The van der Waals surface area contributed by atoms with E-state index in [1.807, 2.05) is 28.8 Å². The summed E-state index contributed by atoms with van der Waals surface area (Å²) in [6.45, 7) is 1.71. The number of anilines is 1. The minimum atomic E-state index is 0.106. The first-order valence-corrected chi connectivity index (χ1v) is 6.65. The molecule has 1 saturated heterocycles. The number of benzene rings is 1. The van der Waals surface area contributed by atoms with E-state index in [-0.39, 0.29) is 5.91 Å². The molecule has 0 aromatic heterocycles. The van der Waals surface area contributed by atoms with Crippen molar-refractivity contribution in [2.24, 2.45) is 0 Å². The molecule has 1 aromatic rings. The van der Waals surface area contributed by atoms with E-state index in [1.54, 1.807) is 12.1 Å². The van der Waals surface area contributed by atoms with Gasteiger partial charge < -0.3 is 10.6 Å². The Kier molecular flexibility index (Phi) is 3.72. The maximum Gasteiger partial charge on any atom is 0.253 e. The first kappa shape index (κ1) is 11.3. The molecule has 16 heavy (non-hydrogen) atoms. The number of carbonyl (C=O) groups excluding carboxylic acids is 1. The lowest BCUT2D eigenvalue weighted by molar-refractivity contribution is 0.0768. The molecule has 1 aliphatic heterocycles. The molecule has 0 bridgehead atoms. The van der Waals surface area contributed by atoms with E-state index in [2.05, 4.69) is 0 Å². The van der Waals surface area contributed by atoms with Gasteiger partial charge in [0.25, 0.3) is 5.91 Å². The van der Waals surface area contributed by atoms with Crippen molar-refractivity contribution in [1.82, 2.24) is 4.90 Å². The van der Waals surface area contributed by atoms with Gasteiger partial charge in [0.15, 0.2) is 0 Å². The van der Waals surface area contributed by atoms with Gasteiger partial charge in [0.1, 0.15) is 0 Å². The number of nitrogens with two attached hydrogens (primary N) is 1. The van der Waals surface area contributed by atoms with Gasteiger partial charge in [-0.05, 0) is 30.4 Å². The predicted molar refractivity (Wildman–Crippen MR) is 68.7 cm³/mol. The van der Waals surface area contributed by atoms with Gasteiger partial charge in [-0.25, -0.2) is 0 Å². The van der Waals surface area contributed by atoms with Crippen LogP contribution in [0.15, 0.2) is 24.3 Å². The minimum Gasteiger partial charge on any atom is -0.399 e. The highest BCUT2D eigenvalue weighted by Crippen LogP contribution is 2.14. The molecule has 86 valence electrons.